The van der Waals surface area contributed by atoms with Crippen LogP contribution >= 0.6 is 0 Å². The summed E-state index contributed by atoms with van der Waals surface area (Å²) in [4.78, 5) is 24.3. The molecule has 0 saturated heterocycles. The Bertz CT molecular complexity index is 1300. The van der Waals surface area contributed by atoms with Crippen molar-refractivity contribution in [2.24, 2.45) is 0 Å². The molecule has 0 unspecified atom stereocenters. The van der Waals surface area contributed by atoms with Crippen LogP contribution in [0.2, 0.25) is 0 Å². The van der Waals surface area contributed by atoms with Crippen molar-refractivity contribution in [2.45, 2.75) is 13.5 Å². The molecule has 1 aromatic heterocycles. The number of nitriles is 1. The van der Waals surface area contributed by atoms with Gasteiger partial charge in [-0.1, -0.05) is 18.2 Å². The number of aryl methyl sites for hydroxylation is 1. The van der Waals surface area contributed by atoms with Crippen molar-refractivity contribution in [1.82, 2.24) is 4.57 Å². The minimum atomic E-state index is -0.615. The molecule has 0 spiro atoms. The highest BCUT2D eigenvalue weighted by Crippen LogP contribution is 2.30. The normalized spacial score (nSPS) is 10.7. The van der Waals surface area contributed by atoms with Crippen LogP contribution < -0.4 is 5.32 Å². The second-order valence-corrected chi connectivity index (χ2v) is 6.81. The fraction of sp³-hybridized carbons (Fsp3) is 0.125. The van der Waals surface area contributed by atoms with E-state index in [1.807, 2.05) is 36.4 Å². The van der Waals surface area contributed by atoms with Gasteiger partial charge < -0.3 is 14.6 Å². The topological polar surface area (TPSA) is 84.1 Å². The summed E-state index contributed by atoms with van der Waals surface area (Å²) in [5, 5.41) is 13.8. The second-order valence-electron chi connectivity index (χ2n) is 6.81. The van der Waals surface area contributed by atoms with Crippen LogP contribution in [0.5, 0.6) is 0 Å². The van der Waals surface area contributed by atoms with Gasteiger partial charge in [0.2, 0.25) is 0 Å². The summed E-state index contributed by atoms with van der Waals surface area (Å²) >= 11 is 0. The van der Waals surface area contributed by atoms with Gasteiger partial charge in [-0.3, -0.25) is 4.79 Å². The van der Waals surface area contributed by atoms with E-state index in [1.165, 1.54) is 24.3 Å². The number of para-hydroxylation sites is 1. The molecular weight excluding hydrogens is 378 g/mol. The molecule has 0 bridgehead atoms. The zero-order valence-corrected chi connectivity index (χ0v) is 16.4. The summed E-state index contributed by atoms with van der Waals surface area (Å²) in [6.45, 7) is 2.55. The van der Waals surface area contributed by atoms with E-state index in [-0.39, 0.29) is 5.56 Å². The molecule has 0 radical (unpaired) electrons. The largest absolute Gasteiger partial charge is 0.452 e. The maximum Gasteiger partial charge on any atom is 0.338 e. The van der Waals surface area contributed by atoms with Gasteiger partial charge in [-0.15, -0.1) is 0 Å². The summed E-state index contributed by atoms with van der Waals surface area (Å²) < 4.78 is 7.31. The molecule has 6 heteroatoms. The Labute approximate surface area is 173 Å². The van der Waals surface area contributed by atoms with Crippen LogP contribution in [-0.2, 0) is 16.1 Å². The maximum atomic E-state index is 12.3. The molecule has 1 heterocycles. The maximum absolute atomic E-state index is 12.3. The summed E-state index contributed by atoms with van der Waals surface area (Å²) in [7, 11) is 0. The molecule has 4 aromatic rings. The van der Waals surface area contributed by atoms with Crippen molar-refractivity contribution in [3.63, 3.8) is 0 Å². The Morgan fingerprint density at radius 3 is 2.47 bits per heavy atom. The number of amides is 1. The SMILES string of the molecule is CCn1c2ccccc2c2cc(NC(=O)COC(=O)c3ccc(C#N)cc3)ccc21. The molecule has 0 fully saturated rings. The molecule has 148 valence electrons. The first-order valence-corrected chi connectivity index (χ1v) is 9.59. The standard InChI is InChI=1S/C24H19N3O3/c1-2-27-21-6-4-3-5-19(21)20-13-18(11-12-22(20)27)26-23(28)15-30-24(29)17-9-7-16(14-25)8-10-17/h3-13H,2,15H2,1H3,(H,26,28). The van der Waals surface area contributed by atoms with E-state index >= 15 is 0 Å². The fourth-order valence-electron chi connectivity index (χ4n) is 3.56. The van der Waals surface area contributed by atoms with Crippen molar-refractivity contribution in [3.8, 4) is 6.07 Å². The van der Waals surface area contributed by atoms with Crippen LogP contribution in [-0.4, -0.2) is 23.1 Å². The molecule has 1 N–H and O–H groups in total. The Hall–Kier alpha value is -4.11. The van der Waals surface area contributed by atoms with Crippen molar-refractivity contribution < 1.29 is 14.3 Å². The van der Waals surface area contributed by atoms with Crippen molar-refractivity contribution >= 4 is 39.4 Å². The lowest BCUT2D eigenvalue weighted by Crippen LogP contribution is -2.20. The lowest BCUT2D eigenvalue weighted by Gasteiger charge is -2.08. The van der Waals surface area contributed by atoms with Crippen LogP contribution in [0.15, 0.2) is 66.7 Å². The first-order chi connectivity index (χ1) is 14.6. The van der Waals surface area contributed by atoms with Crippen molar-refractivity contribution in [2.75, 3.05) is 11.9 Å². The van der Waals surface area contributed by atoms with Crippen LogP contribution in [0.25, 0.3) is 21.8 Å². The number of carbonyl (C=O) groups excluding carboxylic acids is 2. The number of nitrogens with zero attached hydrogens (tertiary/aromatic N) is 2. The minimum absolute atomic E-state index is 0.288. The Morgan fingerprint density at radius 2 is 1.73 bits per heavy atom. The third-order valence-electron chi connectivity index (χ3n) is 4.96. The van der Waals surface area contributed by atoms with Crippen molar-refractivity contribution in [1.29, 1.82) is 5.26 Å². The van der Waals surface area contributed by atoms with Gasteiger partial charge in [0.05, 0.1) is 17.2 Å². The highest BCUT2D eigenvalue weighted by molar-refractivity contribution is 6.10. The van der Waals surface area contributed by atoms with Gasteiger partial charge in [-0.2, -0.15) is 5.26 Å². The van der Waals surface area contributed by atoms with E-state index in [0.717, 1.165) is 28.4 Å². The lowest BCUT2D eigenvalue weighted by molar-refractivity contribution is -0.119. The van der Waals surface area contributed by atoms with E-state index in [1.54, 1.807) is 0 Å². The zero-order valence-electron chi connectivity index (χ0n) is 16.4. The molecule has 1 amide bonds. The van der Waals surface area contributed by atoms with Crippen LogP contribution in [0.3, 0.4) is 0 Å². The minimum Gasteiger partial charge on any atom is -0.452 e. The quantitative estimate of drug-likeness (QED) is 0.503. The first-order valence-electron chi connectivity index (χ1n) is 9.59. The summed E-state index contributed by atoms with van der Waals surface area (Å²) in [5.74, 6) is -1.04. The molecule has 0 aliphatic carbocycles. The number of fused-ring (bicyclic) bond motifs is 3. The van der Waals surface area contributed by atoms with E-state index in [0.29, 0.717) is 11.3 Å². The van der Waals surface area contributed by atoms with Gasteiger partial charge in [0.25, 0.3) is 5.91 Å². The molecule has 0 aliphatic rings. The molecule has 6 nitrogen and oxygen atoms in total. The summed E-state index contributed by atoms with van der Waals surface area (Å²) in [6, 6.07) is 21.9. The summed E-state index contributed by atoms with van der Waals surface area (Å²) in [6.07, 6.45) is 0. The predicted molar refractivity (Wildman–Crippen MR) is 115 cm³/mol. The molecule has 0 aliphatic heterocycles. The van der Waals surface area contributed by atoms with E-state index in [2.05, 4.69) is 28.9 Å². The molecule has 30 heavy (non-hydrogen) atoms. The molecular formula is C24H19N3O3. The highest BCUT2D eigenvalue weighted by atomic mass is 16.5. The number of rotatable bonds is 5. The van der Waals surface area contributed by atoms with Crippen LogP contribution in [0.1, 0.15) is 22.8 Å². The molecule has 0 atom stereocenters. The van der Waals surface area contributed by atoms with Crippen LogP contribution in [0.4, 0.5) is 5.69 Å². The summed E-state index contributed by atoms with van der Waals surface area (Å²) in [5.41, 5.74) is 3.62. The van der Waals surface area contributed by atoms with Gasteiger partial charge in [-0.05, 0) is 55.5 Å². The monoisotopic (exact) mass is 397 g/mol. The predicted octanol–water partition coefficient (Wildman–Crippen LogP) is 4.48. The Morgan fingerprint density at radius 1 is 1.00 bits per heavy atom. The number of nitrogens with one attached hydrogen (secondary N) is 1. The first kappa shape index (κ1) is 19.2. The average molecular weight is 397 g/mol. The molecule has 0 saturated carbocycles. The average Bonchev–Trinajstić information content (AvgIpc) is 3.10. The third-order valence-corrected chi connectivity index (χ3v) is 4.96. The fourth-order valence-corrected chi connectivity index (χ4v) is 3.56. The number of hydrogen-bond donors (Lipinski definition) is 1. The van der Waals surface area contributed by atoms with Gasteiger partial charge >= 0.3 is 5.97 Å². The number of benzene rings is 3. The number of hydrogen-bond acceptors (Lipinski definition) is 4. The van der Waals surface area contributed by atoms with Gasteiger partial charge in [0, 0.05) is 34.0 Å². The molecule has 3 aromatic carbocycles. The lowest BCUT2D eigenvalue weighted by atomic mass is 10.1. The van der Waals surface area contributed by atoms with Gasteiger partial charge in [0.1, 0.15) is 0 Å². The van der Waals surface area contributed by atoms with E-state index in [4.69, 9.17) is 10.00 Å². The number of carbonyl (C=O) groups is 2. The number of aromatic nitrogens is 1. The number of anilines is 1. The Balaban J connectivity index is 1.47. The third kappa shape index (κ3) is 3.61. The number of ether oxygens (including phenoxy) is 1. The highest BCUT2D eigenvalue weighted by Gasteiger charge is 2.13. The smallest absolute Gasteiger partial charge is 0.338 e. The number of esters is 1. The Kier molecular flexibility index (Phi) is 5.19. The van der Waals surface area contributed by atoms with E-state index < -0.39 is 18.5 Å². The zero-order chi connectivity index (χ0) is 21.1. The van der Waals surface area contributed by atoms with Crippen LogP contribution in [0, 0.1) is 11.3 Å². The van der Waals surface area contributed by atoms with Gasteiger partial charge in [0.15, 0.2) is 6.61 Å². The van der Waals surface area contributed by atoms with Gasteiger partial charge in [-0.25, -0.2) is 4.79 Å². The molecule has 4 rings (SSSR count). The second kappa shape index (κ2) is 8.10. The van der Waals surface area contributed by atoms with Crippen molar-refractivity contribution in [3.05, 3.63) is 77.9 Å². The van der Waals surface area contributed by atoms with E-state index in [9.17, 15) is 9.59 Å².